The zero-order valence-corrected chi connectivity index (χ0v) is 6.60. The second-order valence-corrected chi connectivity index (χ2v) is 3.16. The van der Waals surface area contributed by atoms with E-state index in [1.165, 1.54) is 11.3 Å². The summed E-state index contributed by atoms with van der Waals surface area (Å²) in [6.07, 6.45) is 1.76. The number of aromatic nitrogens is 1. The molecule has 10 heavy (non-hydrogen) atoms. The van der Waals surface area contributed by atoms with Gasteiger partial charge in [-0.05, 0) is 6.92 Å². The second kappa shape index (κ2) is 2.98. The molecule has 0 aliphatic carbocycles. The van der Waals surface area contributed by atoms with Crippen LogP contribution in [0, 0.1) is 0 Å². The van der Waals surface area contributed by atoms with Gasteiger partial charge in [0.1, 0.15) is 0 Å². The predicted molar refractivity (Wildman–Crippen MR) is 42.2 cm³/mol. The largest absolute Gasteiger partial charge is 0.326 e. The van der Waals surface area contributed by atoms with Crippen molar-refractivity contribution in [2.75, 3.05) is 0 Å². The van der Waals surface area contributed by atoms with Gasteiger partial charge in [0.05, 0.1) is 0 Å². The number of rotatable bonds is 2. The van der Waals surface area contributed by atoms with Crippen molar-refractivity contribution in [2.45, 2.75) is 19.5 Å². The molecule has 0 aromatic carbocycles. The molecule has 0 radical (unpaired) electrons. The third-order valence-electron chi connectivity index (χ3n) is 1.13. The molecular formula is C6H10N2OS. The van der Waals surface area contributed by atoms with Crippen LogP contribution in [0.4, 0.5) is 0 Å². The van der Waals surface area contributed by atoms with Gasteiger partial charge >= 0.3 is 4.87 Å². The first-order chi connectivity index (χ1) is 4.70. The fourth-order valence-electron chi connectivity index (χ4n) is 0.736. The first-order valence-corrected chi connectivity index (χ1v) is 3.97. The van der Waals surface area contributed by atoms with Gasteiger partial charge < -0.3 is 10.3 Å². The fourth-order valence-corrected chi connectivity index (χ4v) is 1.33. The van der Waals surface area contributed by atoms with E-state index in [4.69, 9.17) is 5.73 Å². The van der Waals surface area contributed by atoms with Crippen molar-refractivity contribution in [1.29, 1.82) is 0 Å². The first kappa shape index (κ1) is 7.50. The number of nitrogens with zero attached hydrogens (tertiary/aromatic N) is 1. The highest BCUT2D eigenvalue weighted by Gasteiger charge is 1.98. The number of hydrogen-bond acceptors (Lipinski definition) is 3. The molecule has 3 nitrogen and oxygen atoms in total. The molecule has 4 heteroatoms. The zero-order valence-electron chi connectivity index (χ0n) is 5.78. The highest BCUT2D eigenvalue weighted by Crippen LogP contribution is 1.89. The lowest BCUT2D eigenvalue weighted by Crippen LogP contribution is -2.26. The normalized spacial score (nSPS) is 13.4. The summed E-state index contributed by atoms with van der Waals surface area (Å²) >= 11 is 1.20. The van der Waals surface area contributed by atoms with Crippen LogP contribution in [0.5, 0.6) is 0 Å². The van der Waals surface area contributed by atoms with Crippen LogP contribution in [-0.2, 0) is 6.54 Å². The molecule has 0 aliphatic rings. The highest BCUT2D eigenvalue weighted by molar-refractivity contribution is 7.07. The summed E-state index contributed by atoms with van der Waals surface area (Å²) in [5, 5.41) is 1.77. The van der Waals surface area contributed by atoms with Gasteiger partial charge in [-0.25, -0.2) is 0 Å². The second-order valence-electron chi connectivity index (χ2n) is 2.30. The SMILES string of the molecule is CC(N)Cn1ccsc1=O. The van der Waals surface area contributed by atoms with Crippen LogP contribution in [-0.4, -0.2) is 10.6 Å². The van der Waals surface area contributed by atoms with Gasteiger partial charge in [-0.3, -0.25) is 4.79 Å². The van der Waals surface area contributed by atoms with E-state index in [0.29, 0.717) is 6.54 Å². The lowest BCUT2D eigenvalue weighted by molar-refractivity contribution is 0.583. The van der Waals surface area contributed by atoms with Gasteiger partial charge in [-0.15, -0.1) is 0 Å². The van der Waals surface area contributed by atoms with Gasteiger partial charge in [0.2, 0.25) is 0 Å². The van der Waals surface area contributed by atoms with Crippen molar-refractivity contribution in [1.82, 2.24) is 4.57 Å². The molecule has 1 unspecified atom stereocenters. The van der Waals surface area contributed by atoms with Crippen LogP contribution in [0.2, 0.25) is 0 Å². The Balaban J connectivity index is 2.75. The van der Waals surface area contributed by atoms with E-state index in [9.17, 15) is 4.79 Å². The number of nitrogens with two attached hydrogens (primary N) is 1. The average molecular weight is 158 g/mol. The Labute approximate surface area is 63.1 Å². The Bertz CT molecular complexity index is 250. The standard InChI is InChI=1S/C6H10N2OS/c1-5(7)4-8-2-3-10-6(8)9/h2-3,5H,4,7H2,1H3. The topological polar surface area (TPSA) is 48.0 Å². The minimum Gasteiger partial charge on any atom is -0.326 e. The van der Waals surface area contributed by atoms with Crippen molar-refractivity contribution in [3.63, 3.8) is 0 Å². The minimum atomic E-state index is 0.0484. The van der Waals surface area contributed by atoms with Crippen LogP contribution in [0.15, 0.2) is 16.4 Å². The maximum Gasteiger partial charge on any atom is 0.307 e. The smallest absolute Gasteiger partial charge is 0.307 e. The highest BCUT2D eigenvalue weighted by atomic mass is 32.1. The summed E-state index contributed by atoms with van der Waals surface area (Å²) in [6, 6.07) is 0.0484. The monoisotopic (exact) mass is 158 g/mol. The van der Waals surface area contributed by atoms with E-state index in [2.05, 4.69) is 0 Å². The molecule has 0 amide bonds. The van der Waals surface area contributed by atoms with Gasteiger partial charge in [0.15, 0.2) is 0 Å². The molecule has 0 aliphatic heterocycles. The molecule has 1 aromatic rings. The van der Waals surface area contributed by atoms with Crippen molar-refractivity contribution in [3.05, 3.63) is 21.2 Å². The molecule has 0 saturated heterocycles. The van der Waals surface area contributed by atoms with Gasteiger partial charge in [0.25, 0.3) is 0 Å². The molecule has 56 valence electrons. The Morgan fingerprint density at radius 1 is 1.90 bits per heavy atom. The third kappa shape index (κ3) is 1.68. The van der Waals surface area contributed by atoms with Crippen LogP contribution < -0.4 is 10.6 Å². The van der Waals surface area contributed by atoms with Crippen LogP contribution in [0.1, 0.15) is 6.92 Å². The maximum atomic E-state index is 10.9. The Morgan fingerprint density at radius 2 is 2.60 bits per heavy atom. The van der Waals surface area contributed by atoms with Gasteiger partial charge in [-0.1, -0.05) is 11.3 Å². The summed E-state index contributed by atoms with van der Waals surface area (Å²) in [5.74, 6) is 0. The Kier molecular flexibility index (Phi) is 2.24. The lowest BCUT2D eigenvalue weighted by Gasteiger charge is -2.02. The summed E-state index contributed by atoms with van der Waals surface area (Å²) < 4.78 is 1.62. The summed E-state index contributed by atoms with van der Waals surface area (Å²) in [4.78, 5) is 10.9. The molecule has 0 bridgehead atoms. The van der Waals surface area contributed by atoms with E-state index in [1.807, 2.05) is 6.92 Å². The van der Waals surface area contributed by atoms with Crippen molar-refractivity contribution in [2.24, 2.45) is 5.73 Å². The van der Waals surface area contributed by atoms with E-state index in [1.54, 1.807) is 16.1 Å². The molecule has 1 rings (SSSR count). The molecule has 1 aromatic heterocycles. The molecular weight excluding hydrogens is 148 g/mol. The molecule has 0 spiro atoms. The lowest BCUT2D eigenvalue weighted by atomic mass is 10.4. The Hall–Kier alpha value is -0.610. The number of hydrogen-bond donors (Lipinski definition) is 1. The molecule has 1 heterocycles. The summed E-state index contributed by atoms with van der Waals surface area (Å²) in [5.41, 5.74) is 5.50. The average Bonchev–Trinajstić information content (AvgIpc) is 2.15. The van der Waals surface area contributed by atoms with Gasteiger partial charge in [0, 0.05) is 24.2 Å². The van der Waals surface area contributed by atoms with Crippen LogP contribution >= 0.6 is 11.3 Å². The van der Waals surface area contributed by atoms with E-state index in [-0.39, 0.29) is 10.9 Å². The minimum absolute atomic E-state index is 0.0484. The molecule has 0 fully saturated rings. The zero-order chi connectivity index (χ0) is 7.56. The quantitative estimate of drug-likeness (QED) is 0.671. The van der Waals surface area contributed by atoms with E-state index in [0.717, 1.165) is 0 Å². The maximum absolute atomic E-state index is 10.9. The third-order valence-corrected chi connectivity index (χ3v) is 1.82. The van der Waals surface area contributed by atoms with Crippen molar-refractivity contribution in [3.8, 4) is 0 Å². The van der Waals surface area contributed by atoms with Crippen molar-refractivity contribution >= 4 is 11.3 Å². The Morgan fingerprint density at radius 3 is 3.00 bits per heavy atom. The summed E-state index contributed by atoms with van der Waals surface area (Å²) in [6.45, 7) is 2.49. The molecule has 0 saturated carbocycles. The van der Waals surface area contributed by atoms with Crippen LogP contribution in [0.25, 0.3) is 0 Å². The van der Waals surface area contributed by atoms with Gasteiger partial charge in [-0.2, -0.15) is 0 Å². The van der Waals surface area contributed by atoms with E-state index < -0.39 is 0 Å². The van der Waals surface area contributed by atoms with Crippen molar-refractivity contribution < 1.29 is 0 Å². The van der Waals surface area contributed by atoms with E-state index >= 15 is 0 Å². The number of thiazole rings is 1. The summed E-state index contributed by atoms with van der Waals surface area (Å²) in [7, 11) is 0. The van der Waals surface area contributed by atoms with Crippen LogP contribution in [0.3, 0.4) is 0 Å². The predicted octanol–water partition coefficient (Wildman–Crippen LogP) is 0.257. The molecule has 2 N–H and O–H groups in total. The molecule has 1 atom stereocenters. The fraction of sp³-hybridized carbons (Fsp3) is 0.500. The first-order valence-electron chi connectivity index (χ1n) is 3.09.